The molecule has 0 radical (unpaired) electrons. The molecular weight excluding hydrogens is 540 g/mol. The number of nitrogens with one attached hydrogen (secondary N) is 2. The summed E-state index contributed by atoms with van der Waals surface area (Å²) in [4.78, 5) is 38.9. The molecule has 43 heavy (non-hydrogen) atoms. The van der Waals surface area contributed by atoms with Gasteiger partial charge in [0.2, 0.25) is 0 Å². The monoisotopic (exact) mass is 572 g/mol. The standard InChI is InChI=1S/C35H32N4O4/c1-3-20-43-23-28-12-7-8-15-30(28)35(42)36-29-18-16-24(17-19-29)31-22-32(39(2)38-31)37-34(41)27-14-9-13-26(21-27)33(40)25-10-5-4-6-11-25/h4-19,21-22H,3,20,23H2,1-2H3,(H,36,42)(H,37,41). The maximum Gasteiger partial charge on any atom is 0.256 e. The smallest absolute Gasteiger partial charge is 0.256 e. The second kappa shape index (κ2) is 13.5. The van der Waals surface area contributed by atoms with Gasteiger partial charge in [-0.1, -0.05) is 79.7 Å². The fourth-order valence-corrected chi connectivity index (χ4v) is 4.59. The fraction of sp³-hybridized carbons (Fsp3) is 0.143. The van der Waals surface area contributed by atoms with Crippen LogP contribution in [0.15, 0.2) is 109 Å². The van der Waals surface area contributed by atoms with Crippen LogP contribution in [-0.2, 0) is 18.4 Å². The number of nitrogens with zero attached hydrogens (tertiary/aromatic N) is 2. The van der Waals surface area contributed by atoms with Gasteiger partial charge in [0.25, 0.3) is 11.8 Å². The van der Waals surface area contributed by atoms with Crippen molar-refractivity contribution in [3.63, 3.8) is 0 Å². The van der Waals surface area contributed by atoms with E-state index in [1.165, 1.54) is 0 Å². The van der Waals surface area contributed by atoms with Crippen molar-refractivity contribution in [2.45, 2.75) is 20.0 Å². The van der Waals surface area contributed by atoms with Gasteiger partial charge in [-0.3, -0.25) is 19.1 Å². The quantitative estimate of drug-likeness (QED) is 0.135. The van der Waals surface area contributed by atoms with Crippen LogP contribution in [0, 0.1) is 0 Å². The summed E-state index contributed by atoms with van der Waals surface area (Å²) in [6.07, 6.45) is 0.913. The lowest BCUT2D eigenvalue weighted by Crippen LogP contribution is -2.15. The Morgan fingerprint density at radius 3 is 2.21 bits per heavy atom. The first kappa shape index (κ1) is 29.2. The van der Waals surface area contributed by atoms with Crippen molar-refractivity contribution < 1.29 is 19.1 Å². The van der Waals surface area contributed by atoms with E-state index in [-0.39, 0.29) is 17.6 Å². The Hall–Kier alpha value is -5.34. The molecule has 8 nitrogen and oxygen atoms in total. The highest BCUT2D eigenvalue weighted by Gasteiger charge is 2.16. The van der Waals surface area contributed by atoms with Crippen LogP contribution in [0.4, 0.5) is 11.5 Å². The summed E-state index contributed by atoms with van der Waals surface area (Å²) in [5.41, 5.74) is 4.88. The molecule has 0 saturated heterocycles. The van der Waals surface area contributed by atoms with Gasteiger partial charge in [0, 0.05) is 53.2 Å². The minimum atomic E-state index is -0.351. The predicted octanol–water partition coefficient (Wildman–Crippen LogP) is 6.75. The van der Waals surface area contributed by atoms with E-state index < -0.39 is 0 Å². The number of benzene rings is 4. The van der Waals surface area contributed by atoms with E-state index in [1.807, 2.05) is 55.5 Å². The van der Waals surface area contributed by atoms with E-state index in [9.17, 15) is 14.4 Å². The van der Waals surface area contributed by atoms with Gasteiger partial charge in [-0.05, 0) is 42.3 Å². The molecule has 2 amide bonds. The average Bonchev–Trinajstić information content (AvgIpc) is 3.41. The van der Waals surface area contributed by atoms with Crippen LogP contribution >= 0.6 is 0 Å². The number of ether oxygens (including phenoxy) is 1. The van der Waals surface area contributed by atoms with Crippen LogP contribution in [0.3, 0.4) is 0 Å². The zero-order valence-electron chi connectivity index (χ0n) is 24.0. The maximum atomic E-state index is 13.1. The fourth-order valence-electron chi connectivity index (χ4n) is 4.59. The van der Waals surface area contributed by atoms with E-state index in [4.69, 9.17) is 4.74 Å². The van der Waals surface area contributed by atoms with Gasteiger partial charge in [-0.15, -0.1) is 0 Å². The number of carbonyl (C=O) groups is 3. The Morgan fingerprint density at radius 1 is 0.744 bits per heavy atom. The molecule has 5 rings (SSSR count). The Balaban J connectivity index is 1.25. The van der Waals surface area contributed by atoms with Crippen LogP contribution in [0.2, 0.25) is 0 Å². The van der Waals surface area contributed by atoms with Gasteiger partial charge in [0.15, 0.2) is 5.78 Å². The Kier molecular flexibility index (Phi) is 9.19. The normalized spacial score (nSPS) is 10.7. The molecule has 0 fully saturated rings. The van der Waals surface area contributed by atoms with Crippen molar-refractivity contribution in [3.8, 4) is 11.3 Å². The van der Waals surface area contributed by atoms with Crippen molar-refractivity contribution in [2.24, 2.45) is 7.05 Å². The highest BCUT2D eigenvalue weighted by atomic mass is 16.5. The number of aryl methyl sites for hydroxylation is 1. The minimum Gasteiger partial charge on any atom is -0.377 e. The molecule has 5 aromatic rings. The summed E-state index contributed by atoms with van der Waals surface area (Å²) in [6.45, 7) is 3.06. The van der Waals surface area contributed by atoms with E-state index in [0.717, 1.165) is 17.5 Å². The number of anilines is 2. The van der Waals surface area contributed by atoms with Crippen LogP contribution in [-0.4, -0.2) is 34.0 Å². The molecule has 0 atom stereocenters. The summed E-state index contributed by atoms with van der Waals surface area (Å²) in [6, 6.07) is 32.1. The zero-order chi connectivity index (χ0) is 30.2. The topological polar surface area (TPSA) is 102 Å². The first-order valence-corrected chi connectivity index (χ1v) is 14.1. The minimum absolute atomic E-state index is 0.150. The molecule has 0 aliphatic carbocycles. The van der Waals surface area contributed by atoms with Crippen LogP contribution in [0.1, 0.15) is 55.5 Å². The summed E-state index contributed by atoms with van der Waals surface area (Å²) in [7, 11) is 1.74. The number of hydrogen-bond acceptors (Lipinski definition) is 5. The van der Waals surface area contributed by atoms with Gasteiger partial charge in [0.05, 0.1) is 12.3 Å². The summed E-state index contributed by atoms with van der Waals surface area (Å²) >= 11 is 0. The predicted molar refractivity (Wildman–Crippen MR) is 167 cm³/mol. The van der Waals surface area contributed by atoms with Crippen molar-refractivity contribution in [2.75, 3.05) is 17.2 Å². The highest BCUT2D eigenvalue weighted by molar-refractivity contribution is 6.11. The Bertz CT molecular complexity index is 1740. The van der Waals surface area contributed by atoms with Gasteiger partial charge in [-0.2, -0.15) is 5.10 Å². The maximum absolute atomic E-state index is 13.1. The van der Waals surface area contributed by atoms with Gasteiger partial charge in [-0.25, -0.2) is 0 Å². The van der Waals surface area contributed by atoms with Gasteiger partial charge < -0.3 is 15.4 Å². The van der Waals surface area contributed by atoms with E-state index >= 15 is 0 Å². The number of carbonyl (C=O) groups excluding carboxylic acids is 3. The molecule has 0 aliphatic heterocycles. The Labute approximate surface area is 250 Å². The lowest BCUT2D eigenvalue weighted by atomic mass is 10.0. The lowest BCUT2D eigenvalue weighted by Gasteiger charge is -2.11. The molecule has 0 bridgehead atoms. The molecule has 1 heterocycles. The van der Waals surface area contributed by atoms with Crippen LogP contribution in [0.25, 0.3) is 11.3 Å². The number of rotatable bonds is 11. The number of ketones is 1. The molecule has 2 N–H and O–H groups in total. The van der Waals surface area contributed by atoms with Crippen molar-refractivity contribution in [3.05, 3.63) is 137 Å². The summed E-state index contributed by atoms with van der Waals surface area (Å²) in [5.74, 6) is -0.210. The Morgan fingerprint density at radius 2 is 1.44 bits per heavy atom. The second-order valence-electron chi connectivity index (χ2n) is 10.0. The third-order valence-corrected chi connectivity index (χ3v) is 6.85. The zero-order valence-corrected chi connectivity index (χ0v) is 24.0. The SMILES string of the molecule is CCCOCc1ccccc1C(=O)Nc1ccc(-c2cc(NC(=O)c3cccc(C(=O)c4ccccc4)c3)n(C)n2)cc1. The highest BCUT2D eigenvalue weighted by Crippen LogP contribution is 2.24. The molecule has 216 valence electrons. The summed E-state index contributed by atoms with van der Waals surface area (Å²) < 4.78 is 7.22. The molecule has 4 aromatic carbocycles. The van der Waals surface area contributed by atoms with Crippen LogP contribution < -0.4 is 10.6 Å². The largest absolute Gasteiger partial charge is 0.377 e. The second-order valence-corrected chi connectivity index (χ2v) is 10.0. The number of hydrogen-bond donors (Lipinski definition) is 2. The first-order chi connectivity index (χ1) is 20.9. The number of amides is 2. The van der Waals surface area contributed by atoms with E-state index in [0.29, 0.717) is 52.7 Å². The van der Waals surface area contributed by atoms with E-state index in [2.05, 4.69) is 15.7 Å². The summed E-state index contributed by atoms with van der Waals surface area (Å²) in [5, 5.41) is 10.4. The van der Waals surface area contributed by atoms with E-state index in [1.54, 1.807) is 72.4 Å². The van der Waals surface area contributed by atoms with Gasteiger partial charge in [0.1, 0.15) is 5.82 Å². The lowest BCUT2D eigenvalue weighted by molar-refractivity contribution is 0.100. The molecule has 0 unspecified atom stereocenters. The third-order valence-electron chi connectivity index (χ3n) is 6.85. The first-order valence-electron chi connectivity index (χ1n) is 14.1. The van der Waals surface area contributed by atoms with Crippen LogP contribution in [0.5, 0.6) is 0 Å². The number of aromatic nitrogens is 2. The average molecular weight is 573 g/mol. The molecule has 1 aromatic heterocycles. The van der Waals surface area contributed by atoms with Crippen molar-refractivity contribution in [1.82, 2.24) is 9.78 Å². The molecule has 8 heteroatoms. The molecule has 0 aliphatic rings. The molecule has 0 saturated carbocycles. The van der Waals surface area contributed by atoms with Crippen molar-refractivity contribution in [1.29, 1.82) is 0 Å². The van der Waals surface area contributed by atoms with Crippen molar-refractivity contribution >= 4 is 29.1 Å². The third kappa shape index (κ3) is 7.12. The molecule has 0 spiro atoms. The molecular formula is C35H32N4O4. The van der Waals surface area contributed by atoms with Gasteiger partial charge >= 0.3 is 0 Å².